The summed E-state index contributed by atoms with van der Waals surface area (Å²) in [6, 6.07) is 3.38. The molecule has 1 aromatic rings. The molecule has 2 fully saturated rings. The van der Waals surface area contributed by atoms with Crippen LogP contribution in [0.15, 0.2) is 18.3 Å². The van der Waals surface area contributed by atoms with Crippen molar-refractivity contribution in [3.8, 4) is 5.88 Å². The van der Waals surface area contributed by atoms with Gasteiger partial charge in [-0.05, 0) is 44.8 Å². The first kappa shape index (κ1) is 21.5. The predicted octanol–water partition coefficient (Wildman–Crippen LogP) is 0.700. The third-order valence-electron chi connectivity index (χ3n) is 5.86. The Bertz CT molecular complexity index is 693. The first-order chi connectivity index (χ1) is 14.0. The van der Waals surface area contributed by atoms with Crippen molar-refractivity contribution < 1.29 is 19.1 Å². The van der Waals surface area contributed by atoms with Crippen LogP contribution in [-0.2, 0) is 4.74 Å². The van der Waals surface area contributed by atoms with Crippen LogP contribution in [0.3, 0.4) is 0 Å². The number of nitrogens with two attached hydrogens (primary N) is 1. The van der Waals surface area contributed by atoms with Gasteiger partial charge in [0.25, 0.3) is 0 Å². The van der Waals surface area contributed by atoms with Crippen molar-refractivity contribution in [2.45, 2.75) is 31.8 Å². The summed E-state index contributed by atoms with van der Waals surface area (Å²) >= 11 is 0. The molecule has 0 saturated carbocycles. The smallest absolute Gasteiger partial charge is 0.391 e. The van der Waals surface area contributed by atoms with Crippen molar-refractivity contribution in [2.24, 2.45) is 11.7 Å². The summed E-state index contributed by atoms with van der Waals surface area (Å²) in [6.07, 6.45) is 2.99. The number of carbonyl (C=O) groups excluding carboxylic acids is 2. The number of nitrogens with zero attached hydrogens (tertiary/aromatic N) is 3. The van der Waals surface area contributed by atoms with Gasteiger partial charge in [-0.1, -0.05) is 0 Å². The zero-order chi connectivity index (χ0) is 20.8. The third-order valence-corrected chi connectivity index (χ3v) is 5.86. The lowest BCUT2D eigenvalue weighted by Gasteiger charge is -2.46. The first-order valence-electron chi connectivity index (χ1n) is 10.2. The van der Waals surface area contributed by atoms with Gasteiger partial charge in [0.05, 0.1) is 18.2 Å². The number of piperazine rings is 1. The maximum Gasteiger partial charge on any atom is 0.416 e. The van der Waals surface area contributed by atoms with Gasteiger partial charge in [-0.15, -0.1) is 0 Å². The van der Waals surface area contributed by atoms with Crippen LogP contribution >= 0.6 is 0 Å². The Hall–Kier alpha value is -2.23. The number of nitrogens with one attached hydrogen (secondary N) is 1. The summed E-state index contributed by atoms with van der Waals surface area (Å²) in [5.41, 5.74) is 5.50. The number of amides is 2. The van der Waals surface area contributed by atoms with E-state index in [0.717, 1.165) is 39.0 Å². The van der Waals surface area contributed by atoms with E-state index in [0.29, 0.717) is 25.1 Å². The lowest BCUT2D eigenvalue weighted by atomic mass is 9.87. The van der Waals surface area contributed by atoms with Gasteiger partial charge in [-0.3, -0.25) is 9.69 Å². The fraction of sp³-hybridized carbons (Fsp3) is 0.650. The molecule has 1 aromatic heterocycles. The Kier molecular flexibility index (Phi) is 7.40. The highest BCUT2D eigenvalue weighted by Gasteiger charge is 2.38. The second-order valence-electron chi connectivity index (χ2n) is 7.76. The van der Waals surface area contributed by atoms with Crippen molar-refractivity contribution >= 4 is 12.0 Å². The van der Waals surface area contributed by atoms with Gasteiger partial charge in [-0.2, -0.15) is 0 Å². The zero-order valence-corrected chi connectivity index (χ0v) is 17.2. The number of hydrogen-bond acceptors (Lipinski definition) is 7. The molecule has 160 valence electrons. The van der Waals surface area contributed by atoms with Crippen molar-refractivity contribution in [3.63, 3.8) is 0 Å². The number of piperidine rings is 1. The number of primary amides is 1. The molecule has 2 amide bonds. The largest absolute Gasteiger partial charge is 0.416 e. The molecule has 0 radical (unpaired) electrons. The summed E-state index contributed by atoms with van der Waals surface area (Å²) in [4.78, 5) is 32.4. The quantitative estimate of drug-likeness (QED) is 0.717. The van der Waals surface area contributed by atoms with Gasteiger partial charge in [0, 0.05) is 45.0 Å². The minimum atomic E-state index is -0.567. The first-order valence-corrected chi connectivity index (χ1v) is 10.2. The number of pyridine rings is 1. The zero-order valence-electron chi connectivity index (χ0n) is 17.2. The molecule has 9 heteroatoms. The van der Waals surface area contributed by atoms with Crippen LogP contribution in [0.4, 0.5) is 4.79 Å². The molecular weight excluding hydrogens is 374 g/mol. The highest BCUT2D eigenvalue weighted by atomic mass is 16.6. The molecule has 3 heterocycles. The number of hydrogen-bond donors (Lipinski definition) is 2. The molecule has 2 atom stereocenters. The minimum absolute atomic E-state index is 0.0857. The number of rotatable bonds is 6. The molecule has 2 aliphatic rings. The van der Waals surface area contributed by atoms with E-state index in [1.807, 2.05) is 4.90 Å². The molecular formula is C20H31N5O4. The standard InChI is InChI=1S/C20H31N5O4/c1-14(13-28-2)24-9-10-25(17(12-24)15-5-7-22-8-6-15)20(27)29-18-4-3-16(11-23-18)19(21)26/h3-4,11,14-15,17,22H,5-10,12-13H2,1-2H3,(H2,21,26). The van der Waals surface area contributed by atoms with E-state index in [1.165, 1.54) is 18.3 Å². The van der Waals surface area contributed by atoms with Crippen molar-refractivity contribution in [2.75, 3.05) is 46.4 Å². The van der Waals surface area contributed by atoms with E-state index in [-0.39, 0.29) is 17.5 Å². The molecule has 9 nitrogen and oxygen atoms in total. The lowest BCUT2D eigenvalue weighted by Crippen LogP contribution is -2.61. The van der Waals surface area contributed by atoms with Crippen LogP contribution in [-0.4, -0.2) is 85.3 Å². The monoisotopic (exact) mass is 405 g/mol. The van der Waals surface area contributed by atoms with E-state index in [1.54, 1.807) is 7.11 Å². The average Bonchev–Trinajstić information content (AvgIpc) is 2.74. The Morgan fingerprint density at radius 2 is 2.07 bits per heavy atom. The SMILES string of the molecule is COCC(C)N1CCN(C(=O)Oc2ccc(C(N)=O)cn2)C(C2CCNCC2)C1. The molecule has 3 rings (SSSR count). The van der Waals surface area contributed by atoms with Crippen LogP contribution in [0.1, 0.15) is 30.1 Å². The van der Waals surface area contributed by atoms with Gasteiger partial charge in [0.1, 0.15) is 0 Å². The van der Waals surface area contributed by atoms with Crippen molar-refractivity contribution in [1.82, 2.24) is 20.1 Å². The maximum absolute atomic E-state index is 13.0. The second kappa shape index (κ2) is 10.00. The van der Waals surface area contributed by atoms with E-state index >= 15 is 0 Å². The van der Waals surface area contributed by atoms with Crippen molar-refractivity contribution in [1.29, 1.82) is 0 Å². The molecule has 29 heavy (non-hydrogen) atoms. The highest BCUT2D eigenvalue weighted by Crippen LogP contribution is 2.26. The van der Waals surface area contributed by atoms with Gasteiger partial charge in [0.2, 0.25) is 11.8 Å². The van der Waals surface area contributed by atoms with E-state index in [4.69, 9.17) is 15.2 Å². The second-order valence-corrected chi connectivity index (χ2v) is 7.76. The number of aromatic nitrogens is 1. The predicted molar refractivity (Wildman–Crippen MR) is 108 cm³/mol. The summed E-state index contributed by atoms with van der Waals surface area (Å²) in [7, 11) is 1.71. The Morgan fingerprint density at radius 1 is 1.31 bits per heavy atom. The van der Waals surface area contributed by atoms with Crippen LogP contribution in [0.2, 0.25) is 0 Å². The van der Waals surface area contributed by atoms with Crippen molar-refractivity contribution in [3.05, 3.63) is 23.9 Å². The average molecular weight is 405 g/mol. The molecule has 0 aliphatic carbocycles. The normalized spacial score (nSPS) is 22.3. The summed E-state index contributed by atoms with van der Waals surface area (Å²) in [5.74, 6) is 0.0217. The molecule has 0 bridgehead atoms. The van der Waals surface area contributed by atoms with Gasteiger partial charge in [0.15, 0.2) is 0 Å². The van der Waals surface area contributed by atoms with E-state index in [2.05, 4.69) is 22.1 Å². The highest BCUT2D eigenvalue weighted by molar-refractivity contribution is 5.92. The number of carbonyl (C=O) groups is 2. The molecule has 3 N–H and O–H groups in total. The van der Waals surface area contributed by atoms with Crippen LogP contribution in [0.5, 0.6) is 5.88 Å². The molecule has 2 saturated heterocycles. The maximum atomic E-state index is 13.0. The van der Waals surface area contributed by atoms with Crippen LogP contribution < -0.4 is 15.8 Å². The summed E-state index contributed by atoms with van der Waals surface area (Å²) in [5, 5.41) is 3.39. The molecule has 0 spiro atoms. The molecule has 0 aromatic carbocycles. The fourth-order valence-corrected chi connectivity index (χ4v) is 4.17. The van der Waals surface area contributed by atoms with Gasteiger partial charge in [-0.25, -0.2) is 9.78 Å². The Balaban J connectivity index is 1.70. The molecule has 2 aliphatic heterocycles. The van der Waals surface area contributed by atoms with Crippen LogP contribution in [0, 0.1) is 5.92 Å². The fourth-order valence-electron chi connectivity index (χ4n) is 4.17. The third kappa shape index (κ3) is 5.43. The minimum Gasteiger partial charge on any atom is -0.391 e. The number of methoxy groups -OCH3 is 1. The van der Waals surface area contributed by atoms with E-state index < -0.39 is 12.0 Å². The molecule has 2 unspecified atom stereocenters. The van der Waals surface area contributed by atoms with Crippen LogP contribution in [0.25, 0.3) is 0 Å². The Labute approximate surface area is 171 Å². The van der Waals surface area contributed by atoms with Gasteiger partial charge < -0.3 is 25.4 Å². The Morgan fingerprint density at radius 3 is 2.69 bits per heavy atom. The lowest BCUT2D eigenvalue weighted by molar-refractivity contribution is 0.00724. The van der Waals surface area contributed by atoms with E-state index in [9.17, 15) is 9.59 Å². The topological polar surface area (TPSA) is 110 Å². The number of ether oxygens (including phenoxy) is 2. The summed E-state index contributed by atoms with van der Waals surface area (Å²) < 4.78 is 10.8. The van der Waals surface area contributed by atoms with Gasteiger partial charge >= 0.3 is 6.09 Å². The summed E-state index contributed by atoms with van der Waals surface area (Å²) in [6.45, 7) is 6.93.